The van der Waals surface area contributed by atoms with Crippen LogP contribution in [0, 0.1) is 5.92 Å². The number of likely N-dealkylation sites (tertiary alicyclic amines) is 1. The summed E-state index contributed by atoms with van der Waals surface area (Å²) in [5.74, 6) is 1.18. The van der Waals surface area contributed by atoms with Crippen molar-refractivity contribution in [3.63, 3.8) is 0 Å². The fourth-order valence-electron chi connectivity index (χ4n) is 4.53. The van der Waals surface area contributed by atoms with E-state index in [1.807, 2.05) is 0 Å². The summed E-state index contributed by atoms with van der Waals surface area (Å²) in [4.78, 5) is 17.8. The summed E-state index contributed by atoms with van der Waals surface area (Å²) in [7, 11) is 0. The highest BCUT2D eigenvalue weighted by atomic mass is 16.2. The van der Waals surface area contributed by atoms with Gasteiger partial charge in [0, 0.05) is 30.9 Å². The first-order valence-corrected chi connectivity index (χ1v) is 10.2. The fourth-order valence-corrected chi connectivity index (χ4v) is 4.53. The zero-order valence-corrected chi connectivity index (χ0v) is 16.4. The Morgan fingerprint density at radius 1 is 1.08 bits per heavy atom. The minimum absolute atomic E-state index is 0.0687. The van der Waals surface area contributed by atoms with E-state index in [0.29, 0.717) is 18.0 Å². The van der Waals surface area contributed by atoms with Gasteiger partial charge >= 0.3 is 0 Å². The van der Waals surface area contributed by atoms with E-state index in [-0.39, 0.29) is 5.92 Å². The summed E-state index contributed by atoms with van der Waals surface area (Å²) < 4.78 is 0. The van der Waals surface area contributed by atoms with E-state index in [9.17, 15) is 4.79 Å². The molecule has 2 atom stereocenters. The van der Waals surface area contributed by atoms with Gasteiger partial charge in [-0.05, 0) is 56.6 Å². The molecule has 1 aromatic rings. The smallest absolute Gasteiger partial charge is 0.234 e. The number of nitrogens with zero attached hydrogens (tertiary/aromatic N) is 2. The van der Waals surface area contributed by atoms with Crippen molar-refractivity contribution in [3.05, 3.63) is 29.8 Å². The molecule has 3 heteroatoms. The molecule has 0 spiro atoms. The SMILES string of the molecule is CCC1C(=O)N(C2CCN(C(C)CCC(C)C)CC2)c2ccccc21. The maximum atomic E-state index is 13.0. The number of amides is 1. The van der Waals surface area contributed by atoms with E-state index >= 15 is 0 Å². The van der Waals surface area contributed by atoms with E-state index in [1.165, 1.54) is 24.1 Å². The Morgan fingerprint density at radius 2 is 1.76 bits per heavy atom. The Bertz CT molecular complexity index is 589. The highest BCUT2D eigenvalue weighted by molar-refractivity contribution is 6.05. The van der Waals surface area contributed by atoms with E-state index in [4.69, 9.17) is 0 Å². The van der Waals surface area contributed by atoms with Gasteiger partial charge in [0.2, 0.25) is 5.91 Å². The minimum atomic E-state index is 0.0687. The number of para-hydroxylation sites is 1. The van der Waals surface area contributed by atoms with Gasteiger partial charge in [-0.3, -0.25) is 4.79 Å². The Hall–Kier alpha value is -1.35. The first-order chi connectivity index (χ1) is 12.0. The highest BCUT2D eigenvalue weighted by Crippen LogP contribution is 2.41. The van der Waals surface area contributed by atoms with Crippen molar-refractivity contribution in [2.24, 2.45) is 5.92 Å². The second-order valence-electron chi connectivity index (χ2n) is 8.32. The maximum absolute atomic E-state index is 13.0. The Kier molecular flexibility index (Phi) is 5.83. The van der Waals surface area contributed by atoms with Crippen molar-refractivity contribution >= 4 is 11.6 Å². The lowest BCUT2D eigenvalue weighted by Crippen LogP contribution is -2.48. The summed E-state index contributed by atoms with van der Waals surface area (Å²) in [6.45, 7) is 11.3. The number of piperidine rings is 1. The zero-order chi connectivity index (χ0) is 18.0. The van der Waals surface area contributed by atoms with Gasteiger partial charge in [-0.15, -0.1) is 0 Å². The highest BCUT2D eigenvalue weighted by Gasteiger charge is 2.40. The van der Waals surface area contributed by atoms with Crippen molar-refractivity contribution in [1.29, 1.82) is 0 Å². The lowest BCUT2D eigenvalue weighted by molar-refractivity contribution is -0.120. The molecule has 2 aliphatic heterocycles. The standard InChI is InChI=1S/C22H34N2O/c1-5-19-20-8-6-7-9-21(20)24(22(19)25)18-12-14-23(15-13-18)17(4)11-10-16(2)3/h6-9,16-19H,5,10-15H2,1-4H3. The minimum Gasteiger partial charge on any atom is -0.308 e. The molecule has 25 heavy (non-hydrogen) atoms. The molecular weight excluding hydrogens is 308 g/mol. The number of anilines is 1. The lowest BCUT2D eigenvalue weighted by atomic mass is 9.98. The molecule has 2 aliphatic rings. The summed E-state index contributed by atoms with van der Waals surface area (Å²) in [5, 5.41) is 0. The molecule has 138 valence electrons. The van der Waals surface area contributed by atoms with Crippen LogP contribution in [0.15, 0.2) is 24.3 Å². The molecule has 0 aliphatic carbocycles. The van der Waals surface area contributed by atoms with Gasteiger partial charge in [-0.25, -0.2) is 0 Å². The van der Waals surface area contributed by atoms with E-state index < -0.39 is 0 Å². The van der Waals surface area contributed by atoms with Crippen LogP contribution in [0.3, 0.4) is 0 Å². The molecule has 0 aromatic heterocycles. The van der Waals surface area contributed by atoms with Crippen LogP contribution in [0.1, 0.15) is 71.3 Å². The number of fused-ring (bicyclic) bond motifs is 1. The molecule has 2 heterocycles. The zero-order valence-electron chi connectivity index (χ0n) is 16.4. The first-order valence-electron chi connectivity index (χ1n) is 10.2. The van der Waals surface area contributed by atoms with Gasteiger partial charge in [0.25, 0.3) is 0 Å². The molecule has 1 amide bonds. The summed E-state index contributed by atoms with van der Waals surface area (Å²) in [5.41, 5.74) is 2.41. The first kappa shape index (κ1) is 18.4. The summed E-state index contributed by atoms with van der Waals surface area (Å²) >= 11 is 0. The average molecular weight is 343 g/mol. The third-order valence-electron chi connectivity index (χ3n) is 6.16. The van der Waals surface area contributed by atoms with Crippen LogP contribution in [-0.4, -0.2) is 36.0 Å². The average Bonchev–Trinajstić information content (AvgIpc) is 2.91. The number of hydrogen-bond donors (Lipinski definition) is 0. The quantitative estimate of drug-likeness (QED) is 0.740. The Balaban J connectivity index is 1.64. The van der Waals surface area contributed by atoms with Crippen LogP contribution in [0.25, 0.3) is 0 Å². The van der Waals surface area contributed by atoms with Crippen molar-refractivity contribution < 1.29 is 4.79 Å². The van der Waals surface area contributed by atoms with Crippen LogP contribution in [0.4, 0.5) is 5.69 Å². The molecule has 0 saturated carbocycles. The topological polar surface area (TPSA) is 23.6 Å². The van der Waals surface area contributed by atoms with Gasteiger partial charge in [-0.1, -0.05) is 39.0 Å². The maximum Gasteiger partial charge on any atom is 0.234 e. The lowest BCUT2D eigenvalue weighted by Gasteiger charge is -2.40. The third-order valence-corrected chi connectivity index (χ3v) is 6.16. The molecule has 1 fully saturated rings. The second kappa shape index (κ2) is 7.90. The predicted octanol–water partition coefficient (Wildman–Crippen LogP) is 4.82. The van der Waals surface area contributed by atoms with E-state index in [2.05, 4.69) is 61.8 Å². The van der Waals surface area contributed by atoms with Crippen LogP contribution in [0.2, 0.25) is 0 Å². The molecule has 0 bridgehead atoms. The molecule has 3 nitrogen and oxygen atoms in total. The normalized spacial score (nSPS) is 23.3. The second-order valence-corrected chi connectivity index (χ2v) is 8.32. The molecule has 3 rings (SSSR count). The molecular formula is C22H34N2O. The molecule has 0 N–H and O–H groups in total. The number of hydrogen-bond acceptors (Lipinski definition) is 2. The number of carbonyl (C=O) groups excluding carboxylic acids is 1. The third kappa shape index (κ3) is 3.76. The van der Waals surface area contributed by atoms with E-state index in [0.717, 1.165) is 38.3 Å². The number of rotatable bonds is 6. The van der Waals surface area contributed by atoms with Crippen LogP contribution in [0.5, 0.6) is 0 Å². The van der Waals surface area contributed by atoms with Crippen LogP contribution < -0.4 is 4.90 Å². The van der Waals surface area contributed by atoms with Gasteiger partial charge < -0.3 is 9.80 Å². The number of benzene rings is 1. The largest absolute Gasteiger partial charge is 0.308 e. The molecule has 1 aromatic carbocycles. The number of carbonyl (C=O) groups is 1. The van der Waals surface area contributed by atoms with Crippen molar-refractivity contribution in [2.75, 3.05) is 18.0 Å². The van der Waals surface area contributed by atoms with E-state index in [1.54, 1.807) is 0 Å². The molecule has 1 saturated heterocycles. The molecule has 0 radical (unpaired) electrons. The van der Waals surface area contributed by atoms with Crippen molar-refractivity contribution in [1.82, 2.24) is 4.90 Å². The van der Waals surface area contributed by atoms with Crippen LogP contribution in [-0.2, 0) is 4.79 Å². The van der Waals surface area contributed by atoms with Gasteiger partial charge in [0.05, 0.1) is 5.92 Å². The summed E-state index contributed by atoms with van der Waals surface area (Å²) in [6, 6.07) is 9.45. The van der Waals surface area contributed by atoms with Crippen molar-refractivity contribution in [3.8, 4) is 0 Å². The van der Waals surface area contributed by atoms with Gasteiger partial charge in [0.1, 0.15) is 0 Å². The van der Waals surface area contributed by atoms with Gasteiger partial charge in [0.15, 0.2) is 0 Å². The predicted molar refractivity (Wildman–Crippen MR) is 105 cm³/mol. The van der Waals surface area contributed by atoms with Crippen LogP contribution >= 0.6 is 0 Å². The fraction of sp³-hybridized carbons (Fsp3) is 0.682. The Labute approximate surface area is 153 Å². The van der Waals surface area contributed by atoms with Crippen molar-refractivity contribution in [2.45, 2.75) is 77.8 Å². The monoisotopic (exact) mass is 342 g/mol. The Morgan fingerprint density at radius 3 is 2.40 bits per heavy atom. The van der Waals surface area contributed by atoms with Gasteiger partial charge in [-0.2, -0.15) is 0 Å². The molecule has 2 unspecified atom stereocenters. The summed E-state index contributed by atoms with van der Waals surface area (Å²) in [6.07, 6.45) is 5.69.